The molecule has 0 unspecified atom stereocenters. The van der Waals surface area contributed by atoms with Gasteiger partial charge in [0.1, 0.15) is 5.54 Å². The number of hydrazine groups is 1. The van der Waals surface area contributed by atoms with Crippen LogP contribution in [0.5, 0.6) is 0 Å². The molecule has 1 N–H and O–H groups in total. The molecule has 3 heterocycles. The number of hydrogen-bond donors (Lipinski definition) is 1. The van der Waals surface area contributed by atoms with Crippen molar-refractivity contribution in [2.24, 2.45) is 0 Å². The van der Waals surface area contributed by atoms with E-state index in [0.29, 0.717) is 6.67 Å². The molecule has 162 valence electrons. The summed E-state index contributed by atoms with van der Waals surface area (Å²) in [6.45, 7) is 6.05. The number of hydrogen-bond acceptors (Lipinski definition) is 5. The van der Waals surface area contributed by atoms with Crippen LogP contribution < -0.4 is 15.2 Å². The maximum Gasteiger partial charge on any atom is 0.247 e. The topological polar surface area (TPSA) is 42.1 Å². The summed E-state index contributed by atoms with van der Waals surface area (Å²) in [6, 6.07) is 20.5. The van der Waals surface area contributed by atoms with Gasteiger partial charge in [0.05, 0.1) is 24.6 Å². The van der Waals surface area contributed by atoms with E-state index in [1.165, 1.54) is 5.57 Å². The van der Waals surface area contributed by atoms with E-state index >= 15 is 0 Å². The van der Waals surface area contributed by atoms with E-state index in [9.17, 15) is 4.79 Å². The summed E-state index contributed by atoms with van der Waals surface area (Å²) in [5.41, 5.74) is 4.16. The summed E-state index contributed by atoms with van der Waals surface area (Å²) in [5, 5.41) is 5.17. The molecule has 1 amide bonds. The standard InChI is InChI=1S/C24H28ClN5O/c1-19-16-29(21-10-6-3-7-11-21)30(25)22(19)17-27-14-12-24(13-15-27)23(31)26-18-28(24)20-8-4-2-5-9-20/h2-11H,12-18H2,1H3,(H,26,31). The number of anilines is 2. The highest BCUT2D eigenvalue weighted by molar-refractivity contribution is 6.15. The summed E-state index contributed by atoms with van der Waals surface area (Å²) in [7, 11) is 0. The molecule has 0 saturated carbocycles. The Morgan fingerprint density at radius 1 is 0.968 bits per heavy atom. The van der Waals surface area contributed by atoms with E-state index < -0.39 is 5.54 Å². The molecule has 6 nitrogen and oxygen atoms in total. The normalized spacial score (nSPS) is 21.4. The monoisotopic (exact) mass is 437 g/mol. The molecule has 31 heavy (non-hydrogen) atoms. The lowest BCUT2D eigenvalue weighted by Crippen LogP contribution is -2.56. The highest BCUT2D eigenvalue weighted by Crippen LogP contribution is 2.37. The molecule has 7 heteroatoms. The van der Waals surface area contributed by atoms with Crippen LogP contribution in [0.4, 0.5) is 11.4 Å². The van der Waals surface area contributed by atoms with Crippen LogP contribution in [0.1, 0.15) is 19.8 Å². The molecule has 1 spiro atoms. The fourth-order valence-corrected chi connectivity index (χ4v) is 5.33. The zero-order valence-corrected chi connectivity index (χ0v) is 18.6. The number of carbonyl (C=O) groups is 1. The molecule has 2 aromatic carbocycles. The molecular formula is C24H28ClN5O. The fraction of sp³-hybridized carbons (Fsp3) is 0.375. The molecule has 2 fully saturated rings. The van der Waals surface area contributed by atoms with E-state index in [-0.39, 0.29) is 5.91 Å². The van der Waals surface area contributed by atoms with Gasteiger partial charge < -0.3 is 10.2 Å². The van der Waals surface area contributed by atoms with Crippen LogP contribution in [0.25, 0.3) is 0 Å². The minimum atomic E-state index is -0.451. The van der Waals surface area contributed by atoms with Crippen LogP contribution in [-0.2, 0) is 4.79 Å². The second-order valence-corrected chi connectivity index (χ2v) is 8.94. The number of nitrogens with one attached hydrogen (secondary N) is 1. The van der Waals surface area contributed by atoms with Crippen LogP contribution in [-0.4, -0.2) is 53.7 Å². The van der Waals surface area contributed by atoms with Gasteiger partial charge in [0, 0.05) is 37.1 Å². The summed E-state index contributed by atoms with van der Waals surface area (Å²) >= 11 is 6.74. The van der Waals surface area contributed by atoms with E-state index in [2.05, 4.69) is 51.3 Å². The Morgan fingerprint density at radius 3 is 2.23 bits per heavy atom. The van der Waals surface area contributed by atoms with E-state index in [4.69, 9.17) is 11.8 Å². The lowest BCUT2D eigenvalue weighted by molar-refractivity contribution is -0.125. The number of likely N-dealkylation sites (tertiary alicyclic amines) is 1. The first kappa shape index (κ1) is 20.2. The molecule has 3 aliphatic rings. The highest BCUT2D eigenvalue weighted by Gasteiger charge is 2.50. The number of rotatable bonds is 4. The maximum absolute atomic E-state index is 12.9. The number of para-hydroxylation sites is 2. The van der Waals surface area contributed by atoms with Gasteiger partial charge in [-0.05, 0) is 49.6 Å². The molecule has 3 aliphatic heterocycles. The van der Waals surface area contributed by atoms with E-state index in [1.807, 2.05) is 36.4 Å². The smallest absolute Gasteiger partial charge is 0.247 e. The van der Waals surface area contributed by atoms with Crippen molar-refractivity contribution in [2.75, 3.05) is 42.8 Å². The number of nitrogens with zero attached hydrogens (tertiary/aromatic N) is 4. The average molecular weight is 438 g/mol. The summed E-state index contributed by atoms with van der Waals surface area (Å²) in [6.07, 6.45) is 1.62. The van der Waals surface area contributed by atoms with Gasteiger partial charge in [0.25, 0.3) is 0 Å². The Labute approximate surface area is 188 Å². The summed E-state index contributed by atoms with van der Waals surface area (Å²) in [5.74, 6) is 0.154. The van der Waals surface area contributed by atoms with Crippen molar-refractivity contribution in [1.29, 1.82) is 0 Å². The predicted octanol–water partition coefficient (Wildman–Crippen LogP) is 3.58. The van der Waals surface area contributed by atoms with Crippen molar-refractivity contribution in [3.63, 3.8) is 0 Å². The molecule has 0 radical (unpaired) electrons. The zero-order chi connectivity index (χ0) is 21.4. The van der Waals surface area contributed by atoms with E-state index in [1.54, 1.807) is 4.53 Å². The van der Waals surface area contributed by atoms with Crippen LogP contribution in [0, 0.1) is 0 Å². The fourth-order valence-electron chi connectivity index (χ4n) is 4.99. The van der Waals surface area contributed by atoms with Crippen molar-refractivity contribution in [3.05, 3.63) is 71.9 Å². The van der Waals surface area contributed by atoms with Gasteiger partial charge in [-0.15, -0.1) is 0 Å². The van der Waals surface area contributed by atoms with Crippen LogP contribution in [0.15, 0.2) is 71.9 Å². The molecule has 0 aliphatic carbocycles. The van der Waals surface area contributed by atoms with Gasteiger partial charge in [-0.2, -0.15) is 4.53 Å². The van der Waals surface area contributed by atoms with Crippen molar-refractivity contribution >= 4 is 29.1 Å². The number of halogens is 1. The first-order valence-corrected chi connectivity index (χ1v) is 11.2. The van der Waals surface area contributed by atoms with Crippen molar-refractivity contribution < 1.29 is 4.79 Å². The quantitative estimate of drug-likeness (QED) is 0.740. The second kappa shape index (κ2) is 8.09. The summed E-state index contributed by atoms with van der Waals surface area (Å²) in [4.78, 5) is 17.5. The largest absolute Gasteiger partial charge is 0.339 e. The molecule has 2 aromatic rings. The Balaban J connectivity index is 1.27. The Kier molecular flexibility index (Phi) is 5.28. The Hall–Kier alpha value is -2.70. The van der Waals surface area contributed by atoms with Crippen LogP contribution in [0.3, 0.4) is 0 Å². The third-order valence-corrected chi connectivity index (χ3v) is 7.22. The number of benzene rings is 2. The molecule has 2 saturated heterocycles. The van der Waals surface area contributed by atoms with Gasteiger partial charge in [-0.25, -0.2) is 0 Å². The number of carbonyl (C=O) groups excluding carboxylic acids is 1. The SMILES string of the molecule is CC1=C(CN2CCC3(CC2)C(=O)NCN3c2ccccc2)N(Cl)N(c2ccccc2)C1. The number of amides is 1. The van der Waals surface area contributed by atoms with Gasteiger partial charge in [0.15, 0.2) is 0 Å². The summed E-state index contributed by atoms with van der Waals surface area (Å²) < 4.78 is 1.77. The highest BCUT2D eigenvalue weighted by atomic mass is 35.5. The molecule has 0 aromatic heterocycles. The van der Waals surface area contributed by atoms with Gasteiger partial charge >= 0.3 is 0 Å². The van der Waals surface area contributed by atoms with Gasteiger partial charge in [0.2, 0.25) is 5.91 Å². The van der Waals surface area contributed by atoms with Crippen molar-refractivity contribution in [1.82, 2.24) is 14.7 Å². The zero-order valence-electron chi connectivity index (χ0n) is 17.8. The minimum absolute atomic E-state index is 0.154. The van der Waals surface area contributed by atoms with Crippen molar-refractivity contribution in [2.45, 2.75) is 25.3 Å². The molecule has 5 rings (SSSR count). The molecule has 0 atom stereocenters. The predicted molar refractivity (Wildman–Crippen MR) is 125 cm³/mol. The third-order valence-electron chi connectivity index (χ3n) is 6.83. The second-order valence-electron chi connectivity index (χ2n) is 8.62. The lowest BCUT2D eigenvalue weighted by Gasteiger charge is -2.43. The minimum Gasteiger partial charge on any atom is -0.339 e. The van der Waals surface area contributed by atoms with Crippen LogP contribution >= 0.6 is 11.8 Å². The first-order valence-electron chi connectivity index (χ1n) is 10.9. The first-order chi connectivity index (χ1) is 15.1. The molecule has 0 bridgehead atoms. The Bertz CT molecular complexity index is 972. The van der Waals surface area contributed by atoms with Gasteiger partial charge in [-0.3, -0.25) is 14.7 Å². The molecular weight excluding hydrogens is 410 g/mol. The lowest BCUT2D eigenvalue weighted by atomic mass is 9.85. The van der Waals surface area contributed by atoms with E-state index in [0.717, 1.165) is 56.1 Å². The maximum atomic E-state index is 12.9. The van der Waals surface area contributed by atoms with Crippen LogP contribution in [0.2, 0.25) is 0 Å². The van der Waals surface area contributed by atoms with Crippen molar-refractivity contribution in [3.8, 4) is 0 Å². The number of piperidine rings is 1. The third kappa shape index (κ3) is 3.54. The average Bonchev–Trinajstić information content (AvgIpc) is 3.27. The Morgan fingerprint density at radius 2 is 1.58 bits per heavy atom. The van der Waals surface area contributed by atoms with Gasteiger partial charge in [-0.1, -0.05) is 36.4 Å².